The third kappa shape index (κ3) is 9.31. The zero-order chi connectivity index (χ0) is 16.0. The molecule has 1 rings (SSSR count). The molecule has 0 aromatic carbocycles. The highest BCUT2D eigenvalue weighted by molar-refractivity contribution is 7.99. The van der Waals surface area contributed by atoms with Crippen LogP contribution >= 0.6 is 11.8 Å². The van der Waals surface area contributed by atoms with Gasteiger partial charge < -0.3 is 9.84 Å². The topological polar surface area (TPSA) is 46.5 Å². The smallest absolute Gasteiger partial charge is 0.303 e. The number of unbranched alkanes of at least 4 members (excludes halogenated alkanes) is 2. The van der Waals surface area contributed by atoms with E-state index in [1.54, 1.807) is 0 Å². The average Bonchev–Trinajstić information content (AvgIpc) is 2.93. The van der Waals surface area contributed by atoms with E-state index in [4.69, 9.17) is 9.84 Å². The summed E-state index contributed by atoms with van der Waals surface area (Å²) in [6, 6.07) is 0. The lowest BCUT2D eigenvalue weighted by atomic mass is 9.94. The average molecular weight is 327 g/mol. The van der Waals surface area contributed by atoms with Crippen LogP contribution in [0.15, 0.2) is 24.3 Å². The molecule has 0 aromatic rings. The minimum atomic E-state index is -0.706. The van der Waals surface area contributed by atoms with E-state index in [9.17, 15) is 4.79 Å². The summed E-state index contributed by atoms with van der Waals surface area (Å²) in [4.78, 5) is 10.4. The standard InChI is InChI=1S/C18H30O3S/c1-2-3-4-9-12-22-15-17-14-21-13-16(17)10-7-5-6-8-11-18(19)20/h4-5,7,9,16-17H,2-3,6,8,10-15H2,1H3,(H,19,20)/t16-,17-/m0/s1. The van der Waals surface area contributed by atoms with Crippen molar-refractivity contribution in [3.8, 4) is 0 Å². The lowest BCUT2D eigenvalue weighted by molar-refractivity contribution is -0.137. The van der Waals surface area contributed by atoms with E-state index >= 15 is 0 Å². The monoisotopic (exact) mass is 326 g/mol. The van der Waals surface area contributed by atoms with Crippen molar-refractivity contribution in [1.82, 2.24) is 0 Å². The van der Waals surface area contributed by atoms with Crippen LogP contribution < -0.4 is 0 Å². The van der Waals surface area contributed by atoms with Gasteiger partial charge in [-0.15, -0.1) is 0 Å². The molecule has 1 fully saturated rings. The molecule has 1 aliphatic rings. The highest BCUT2D eigenvalue weighted by Gasteiger charge is 2.26. The Bertz CT molecular complexity index is 352. The van der Waals surface area contributed by atoms with E-state index in [1.807, 2.05) is 11.8 Å². The lowest BCUT2D eigenvalue weighted by Gasteiger charge is -2.14. The highest BCUT2D eigenvalue weighted by Crippen LogP contribution is 2.27. The van der Waals surface area contributed by atoms with E-state index in [-0.39, 0.29) is 6.42 Å². The number of carboxylic acid groups (broad SMARTS) is 1. The van der Waals surface area contributed by atoms with E-state index in [0.29, 0.717) is 11.8 Å². The summed E-state index contributed by atoms with van der Waals surface area (Å²) >= 11 is 2.00. The second kappa shape index (κ2) is 12.8. The fourth-order valence-corrected chi connectivity index (χ4v) is 3.57. The third-order valence-electron chi connectivity index (χ3n) is 3.87. The number of carbonyl (C=O) groups is 1. The fourth-order valence-electron chi connectivity index (χ4n) is 2.49. The van der Waals surface area contributed by atoms with Gasteiger partial charge in [0.05, 0.1) is 13.2 Å². The summed E-state index contributed by atoms with van der Waals surface area (Å²) in [5.74, 6) is 2.86. The molecule has 0 saturated carbocycles. The molecule has 1 aliphatic heterocycles. The van der Waals surface area contributed by atoms with Crippen LogP contribution in [0.25, 0.3) is 0 Å². The Kier molecular flexibility index (Phi) is 11.2. The summed E-state index contributed by atoms with van der Waals surface area (Å²) in [5.41, 5.74) is 0. The van der Waals surface area contributed by atoms with Crippen LogP contribution in [0.3, 0.4) is 0 Å². The molecule has 1 N–H and O–H groups in total. The van der Waals surface area contributed by atoms with Crippen LogP contribution in [0.4, 0.5) is 0 Å². The van der Waals surface area contributed by atoms with Gasteiger partial charge in [0.2, 0.25) is 0 Å². The zero-order valence-electron chi connectivity index (χ0n) is 13.7. The van der Waals surface area contributed by atoms with E-state index < -0.39 is 5.97 Å². The summed E-state index contributed by atoms with van der Waals surface area (Å²) < 4.78 is 5.63. The predicted octanol–water partition coefficient (Wildman–Crippen LogP) is 4.54. The van der Waals surface area contributed by atoms with Gasteiger partial charge in [0.15, 0.2) is 0 Å². The second-order valence-corrected chi connectivity index (χ2v) is 6.92. The molecule has 0 aliphatic carbocycles. The second-order valence-electron chi connectivity index (χ2n) is 5.85. The molecule has 1 heterocycles. The van der Waals surface area contributed by atoms with Gasteiger partial charge >= 0.3 is 5.97 Å². The Labute approximate surface area is 139 Å². The fraction of sp³-hybridized carbons (Fsp3) is 0.722. The number of rotatable bonds is 12. The molecule has 0 unspecified atom stereocenters. The molecule has 2 atom stereocenters. The normalized spacial score (nSPS) is 22.0. The zero-order valence-corrected chi connectivity index (χ0v) is 14.5. The minimum absolute atomic E-state index is 0.266. The van der Waals surface area contributed by atoms with Gasteiger partial charge in [-0.3, -0.25) is 4.79 Å². The summed E-state index contributed by atoms with van der Waals surface area (Å²) in [5, 5.41) is 8.58. The number of allylic oxidation sites excluding steroid dienone is 3. The Hall–Kier alpha value is -0.740. The Morgan fingerprint density at radius 3 is 2.73 bits per heavy atom. The van der Waals surface area contributed by atoms with Crippen molar-refractivity contribution in [3.05, 3.63) is 24.3 Å². The molecule has 4 heteroatoms. The van der Waals surface area contributed by atoms with Gasteiger partial charge in [-0.25, -0.2) is 0 Å². The summed E-state index contributed by atoms with van der Waals surface area (Å²) in [7, 11) is 0. The van der Waals surface area contributed by atoms with E-state index in [0.717, 1.165) is 38.2 Å². The van der Waals surface area contributed by atoms with Crippen LogP contribution in [0.1, 0.15) is 45.4 Å². The van der Waals surface area contributed by atoms with Crippen LogP contribution in [0, 0.1) is 11.8 Å². The maximum absolute atomic E-state index is 10.4. The number of carboxylic acids is 1. The first-order valence-electron chi connectivity index (χ1n) is 8.41. The van der Waals surface area contributed by atoms with Gasteiger partial charge in [-0.1, -0.05) is 37.6 Å². The van der Waals surface area contributed by atoms with Crippen molar-refractivity contribution < 1.29 is 14.6 Å². The molecular formula is C18H30O3S. The first kappa shape index (κ1) is 19.3. The summed E-state index contributed by atoms with van der Waals surface area (Å²) in [6.45, 7) is 3.96. The first-order valence-corrected chi connectivity index (χ1v) is 9.56. The van der Waals surface area contributed by atoms with E-state index in [1.165, 1.54) is 18.6 Å². The Balaban J connectivity index is 2.12. The minimum Gasteiger partial charge on any atom is -0.481 e. The number of thioether (sulfide) groups is 1. The van der Waals surface area contributed by atoms with Crippen molar-refractivity contribution in [3.63, 3.8) is 0 Å². The number of hydrogen-bond acceptors (Lipinski definition) is 3. The maximum atomic E-state index is 10.4. The summed E-state index contributed by atoms with van der Waals surface area (Å²) in [6.07, 6.45) is 14.2. The van der Waals surface area contributed by atoms with E-state index in [2.05, 4.69) is 31.2 Å². The van der Waals surface area contributed by atoms with Gasteiger partial charge in [-0.05, 0) is 43.3 Å². The SMILES string of the molecule is CCCC=CCSC[C@@H]1COC[C@@H]1CC=CCCCC(=O)O. The van der Waals surface area contributed by atoms with Gasteiger partial charge in [-0.2, -0.15) is 11.8 Å². The van der Waals surface area contributed by atoms with Crippen LogP contribution in [-0.4, -0.2) is 35.8 Å². The Morgan fingerprint density at radius 2 is 1.95 bits per heavy atom. The predicted molar refractivity (Wildman–Crippen MR) is 94.4 cm³/mol. The molecule has 0 bridgehead atoms. The van der Waals surface area contributed by atoms with Crippen molar-refractivity contribution >= 4 is 17.7 Å². The number of aliphatic carboxylic acids is 1. The van der Waals surface area contributed by atoms with Gasteiger partial charge in [0, 0.05) is 12.2 Å². The highest BCUT2D eigenvalue weighted by atomic mass is 32.2. The molecule has 0 aromatic heterocycles. The van der Waals surface area contributed by atoms with Crippen molar-refractivity contribution in [2.75, 3.05) is 24.7 Å². The van der Waals surface area contributed by atoms with Crippen molar-refractivity contribution in [1.29, 1.82) is 0 Å². The number of hydrogen-bond donors (Lipinski definition) is 1. The van der Waals surface area contributed by atoms with Crippen molar-refractivity contribution in [2.24, 2.45) is 11.8 Å². The quantitative estimate of drug-likeness (QED) is 0.422. The van der Waals surface area contributed by atoms with Crippen LogP contribution in [-0.2, 0) is 9.53 Å². The molecule has 22 heavy (non-hydrogen) atoms. The number of ether oxygens (including phenoxy) is 1. The molecule has 1 saturated heterocycles. The molecule has 126 valence electrons. The molecule has 0 radical (unpaired) electrons. The van der Waals surface area contributed by atoms with Crippen molar-refractivity contribution in [2.45, 2.75) is 45.4 Å². The largest absolute Gasteiger partial charge is 0.481 e. The van der Waals surface area contributed by atoms with Crippen LogP contribution in [0.5, 0.6) is 0 Å². The molecule has 0 amide bonds. The first-order chi connectivity index (χ1) is 10.7. The Morgan fingerprint density at radius 1 is 1.18 bits per heavy atom. The van der Waals surface area contributed by atoms with Gasteiger partial charge in [0.1, 0.15) is 0 Å². The maximum Gasteiger partial charge on any atom is 0.303 e. The molecular weight excluding hydrogens is 296 g/mol. The van der Waals surface area contributed by atoms with Gasteiger partial charge in [0.25, 0.3) is 0 Å². The lowest BCUT2D eigenvalue weighted by Crippen LogP contribution is -2.14. The molecule has 0 spiro atoms. The third-order valence-corrected chi connectivity index (χ3v) is 4.96. The van der Waals surface area contributed by atoms with Crippen LogP contribution in [0.2, 0.25) is 0 Å². The molecule has 3 nitrogen and oxygen atoms in total.